The SMILES string of the molecule is CCC(CC)Nc1cc(OC)c(OC)cc1C(=O)O. The quantitative estimate of drug-likeness (QED) is 0.795. The number of ether oxygens (including phenoxy) is 2. The van der Waals surface area contributed by atoms with Crippen LogP contribution >= 0.6 is 0 Å². The summed E-state index contributed by atoms with van der Waals surface area (Å²) >= 11 is 0. The number of nitrogens with one attached hydrogen (secondary N) is 1. The lowest BCUT2D eigenvalue weighted by Gasteiger charge is -2.19. The average molecular weight is 267 g/mol. The third-order valence-corrected chi connectivity index (χ3v) is 3.10. The molecule has 0 saturated heterocycles. The molecular weight excluding hydrogens is 246 g/mol. The summed E-state index contributed by atoms with van der Waals surface area (Å²) in [5.41, 5.74) is 0.739. The van der Waals surface area contributed by atoms with E-state index in [0.717, 1.165) is 12.8 Å². The van der Waals surface area contributed by atoms with E-state index in [1.165, 1.54) is 20.3 Å². The summed E-state index contributed by atoms with van der Waals surface area (Å²) < 4.78 is 10.3. The van der Waals surface area contributed by atoms with Gasteiger partial charge in [0.15, 0.2) is 11.5 Å². The van der Waals surface area contributed by atoms with Crippen LogP contribution in [0.5, 0.6) is 11.5 Å². The number of anilines is 1. The van der Waals surface area contributed by atoms with Crippen molar-refractivity contribution < 1.29 is 19.4 Å². The van der Waals surface area contributed by atoms with Gasteiger partial charge in [0.1, 0.15) is 0 Å². The van der Waals surface area contributed by atoms with Crippen LogP contribution in [0.15, 0.2) is 12.1 Å². The Hall–Kier alpha value is -1.91. The first-order valence-corrected chi connectivity index (χ1v) is 6.33. The molecule has 2 N–H and O–H groups in total. The van der Waals surface area contributed by atoms with Crippen molar-refractivity contribution in [2.24, 2.45) is 0 Å². The maximum Gasteiger partial charge on any atom is 0.337 e. The van der Waals surface area contributed by atoms with E-state index in [1.54, 1.807) is 6.07 Å². The number of methoxy groups -OCH3 is 2. The van der Waals surface area contributed by atoms with Crippen molar-refractivity contribution in [2.45, 2.75) is 32.7 Å². The number of benzene rings is 1. The first-order chi connectivity index (χ1) is 9.07. The lowest BCUT2D eigenvalue weighted by molar-refractivity contribution is 0.0697. The van der Waals surface area contributed by atoms with Crippen LogP contribution in [-0.4, -0.2) is 31.3 Å². The zero-order valence-electron chi connectivity index (χ0n) is 11.8. The fraction of sp³-hybridized carbons (Fsp3) is 0.500. The summed E-state index contributed by atoms with van der Waals surface area (Å²) in [6.07, 6.45) is 1.84. The third-order valence-electron chi connectivity index (χ3n) is 3.10. The Morgan fingerprint density at radius 1 is 1.21 bits per heavy atom. The molecule has 1 aromatic rings. The van der Waals surface area contributed by atoms with Gasteiger partial charge in [-0.1, -0.05) is 13.8 Å². The van der Waals surface area contributed by atoms with Crippen molar-refractivity contribution in [3.05, 3.63) is 17.7 Å². The number of aromatic carboxylic acids is 1. The van der Waals surface area contributed by atoms with Crippen molar-refractivity contribution in [3.63, 3.8) is 0 Å². The van der Waals surface area contributed by atoms with Crippen LogP contribution in [0.4, 0.5) is 5.69 Å². The van der Waals surface area contributed by atoms with E-state index >= 15 is 0 Å². The number of carboxylic acid groups (broad SMARTS) is 1. The smallest absolute Gasteiger partial charge is 0.337 e. The summed E-state index contributed by atoms with van der Waals surface area (Å²) in [6, 6.07) is 3.38. The highest BCUT2D eigenvalue weighted by Crippen LogP contribution is 2.34. The van der Waals surface area contributed by atoms with Gasteiger partial charge in [0.05, 0.1) is 25.5 Å². The zero-order valence-corrected chi connectivity index (χ0v) is 11.8. The van der Waals surface area contributed by atoms with Gasteiger partial charge in [-0.05, 0) is 12.8 Å². The van der Waals surface area contributed by atoms with E-state index in [0.29, 0.717) is 17.2 Å². The Morgan fingerprint density at radius 2 is 1.74 bits per heavy atom. The molecule has 106 valence electrons. The molecule has 19 heavy (non-hydrogen) atoms. The van der Waals surface area contributed by atoms with E-state index in [2.05, 4.69) is 19.2 Å². The fourth-order valence-corrected chi connectivity index (χ4v) is 1.89. The minimum absolute atomic E-state index is 0.185. The molecule has 0 aliphatic heterocycles. The topological polar surface area (TPSA) is 67.8 Å². The van der Waals surface area contributed by atoms with Crippen molar-refractivity contribution in [1.82, 2.24) is 0 Å². The number of carboxylic acids is 1. The van der Waals surface area contributed by atoms with E-state index < -0.39 is 5.97 Å². The minimum atomic E-state index is -0.991. The molecule has 0 aliphatic carbocycles. The lowest BCUT2D eigenvalue weighted by atomic mass is 10.1. The number of carbonyl (C=O) groups is 1. The standard InChI is InChI=1S/C14H21NO4/c1-5-9(6-2)15-11-8-13(19-4)12(18-3)7-10(11)14(16)17/h7-9,15H,5-6H2,1-4H3,(H,16,17). The van der Waals surface area contributed by atoms with Crippen LogP contribution in [0.2, 0.25) is 0 Å². The monoisotopic (exact) mass is 267 g/mol. The molecule has 0 aliphatic rings. The van der Waals surface area contributed by atoms with Gasteiger partial charge in [0, 0.05) is 18.2 Å². The van der Waals surface area contributed by atoms with Crippen LogP contribution < -0.4 is 14.8 Å². The third kappa shape index (κ3) is 3.53. The molecule has 0 atom stereocenters. The van der Waals surface area contributed by atoms with E-state index in [1.807, 2.05) is 0 Å². The van der Waals surface area contributed by atoms with E-state index in [9.17, 15) is 9.90 Å². The molecule has 5 nitrogen and oxygen atoms in total. The molecule has 1 rings (SSSR count). The van der Waals surface area contributed by atoms with E-state index in [-0.39, 0.29) is 11.6 Å². The Labute approximate surface area is 113 Å². The predicted molar refractivity (Wildman–Crippen MR) is 74.5 cm³/mol. The van der Waals surface area contributed by atoms with Crippen LogP contribution in [0.1, 0.15) is 37.0 Å². The van der Waals surface area contributed by atoms with Crippen LogP contribution in [0.3, 0.4) is 0 Å². The maximum absolute atomic E-state index is 11.3. The molecule has 0 radical (unpaired) electrons. The van der Waals surface area contributed by atoms with Crippen LogP contribution in [0, 0.1) is 0 Å². The molecule has 0 saturated carbocycles. The van der Waals surface area contributed by atoms with Gasteiger partial charge in [-0.15, -0.1) is 0 Å². The van der Waals surface area contributed by atoms with Crippen molar-refractivity contribution in [2.75, 3.05) is 19.5 Å². The Morgan fingerprint density at radius 3 is 2.16 bits per heavy atom. The van der Waals surface area contributed by atoms with Crippen LogP contribution in [-0.2, 0) is 0 Å². The van der Waals surface area contributed by atoms with Gasteiger partial charge in [-0.3, -0.25) is 0 Å². The number of hydrogen-bond acceptors (Lipinski definition) is 4. The second-order valence-corrected chi connectivity index (χ2v) is 4.22. The number of rotatable bonds is 7. The maximum atomic E-state index is 11.3. The highest BCUT2D eigenvalue weighted by molar-refractivity contribution is 5.95. The minimum Gasteiger partial charge on any atom is -0.493 e. The Kier molecular flexibility index (Phi) is 5.48. The highest BCUT2D eigenvalue weighted by Gasteiger charge is 2.17. The van der Waals surface area contributed by atoms with Crippen LogP contribution in [0.25, 0.3) is 0 Å². The zero-order chi connectivity index (χ0) is 14.4. The molecule has 0 unspecified atom stereocenters. The molecule has 0 bridgehead atoms. The molecule has 0 fully saturated rings. The van der Waals surface area contributed by atoms with Gasteiger partial charge >= 0.3 is 5.97 Å². The average Bonchev–Trinajstić information content (AvgIpc) is 2.43. The molecule has 0 heterocycles. The molecule has 0 aromatic heterocycles. The summed E-state index contributed by atoms with van der Waals surface area (Å²) in [4.78, 5) is 11.3. The second-order valence-electron chi connectivity index (χ2n) is 4.22. The highest BCUT2D eigenvalue weighted by atomic mass is 16.5. The lowest BCUT2D eigenvalue weighted by Crippen LogP contribution is -2.19. The molecule has 5 heteroatoms. The van der Waals surface area contributed by atoms with Crippen molar-refractivity contribution in [1.29, 1.82) is 0 Å². The molecule has 0 spiro atoms. The second kappa shape index (κ2) is 6.87. The van der Waals surface area contributed by atoms with Gasteiger partial charge in [0.25, 0.3) is 0 Å². The first-order valence-electron chi connectivity index (χ1n) is 6.33. The summed E-state index contributed by atoms with van der Waals surface area (Å²) in [6.45, 7) is 4.12. The Balaban J connectivity index is 3.23. The summed E-state index contributed by atoms with van der Waals surface area (Å²) in [7, 11) is 3.01. The number of hydrogen-bond donors (Lipinski definition) is 2. The van der Waals surface area contributed by atoms with Crippen molar-refractivity contribution in [3.8, 4) is 11.5 Å². The van der Waals surface area contributed by atoms with Gasteiger partial charge in [-0.25, -0.2) is 4.79 Å². The molecular formula is C14H21NO4. The van der Waals surface area contributed by atoms with Gasteiger partial charge in [0.2, 0.25) is 0 Å². The Bertz CT molecular complexity index is 441. The van der Waals surface area contributed by atoms with E-state index in [4.69, 9.17) is 9.47 Å². The van der Waals surface area contributed by atoms with Gasteiger partial charge in [-0.2, -0.15) is 0 Å². The molecule has 1 aromatic carbocycles. The first kappa shape index (κ1) is 15.1. The van der Waals surface area contributed by atoms with Crippen molar-refractivity contribution >= 4 is 11.7 Å². The fourth-order valence-electron chi connectivity index (χ4n) is 1.89. The summed E-state index contributed by atoms with van der Waals surface area (Å²) in [5.74, 6) is -0.0645. The normalized spacial score (nSPS) is 10.4. The molecule has 0 amide bonds. The van der Waals surface area contributed by atoms with Gasteiger partial charge < -0.3 is 19.9 Å². The summed E-state index contributed by atoms with van der Waals surface area (Å²) in [5, 5.41) is 12.5. The predicted octanol–water partition coefficient (Wildman–Crippen LogP) is 3.00. The largest absolute Gasteiger partial charge is 0.493 e.